The number of nitrogens with one attached hydrogen (secondary N) is 1. The summed E-state index contributed by atoms with van der Waals surface area (Å²) in [5.74, 6) is 0. The second-order valence-corrected chi connectivity index (χ2v) is 2.76. The topological polar surface area (TPSA) is 57.0 Å². The van der Waals surface area contributed by atoms with Gasteiger partial charge in [-0.3, -0.25) is 5.41 Å². The highest BCUT2D eigenvalue weighted by Gasteiger charge is 1.97. The van der Waals surface area contributed by atoms with Crippen LogP contribution in [-0.2, 0) is 6.42 Å². The van der Waals surface area contributed by atoms with E-state index < -0.39 is 6.10 Å². The number of hydrogen-bond donors (Lipinski definition) is 2. The lowest BCUT2D eigenvalue weighted by Gasteiger charge is -1.99. The Morgan fingerprint density at radius 2 is 2.17 bits per heavy atom. The molecule has 0 aromatic carbocycles. The van der Waals surface area contributed by atoms with Gasteiger partial charge in [0.1, 0.15) is 5.49 Å². The summed E-state index contributed by atoms with van der Waals surface area (Å²) in [6.45, 7) is 1.71. The minimum atomic E-state index is -0.403. The van der Waals surface area contributed by atoms with Crippen molar-refractivity contribution in [3.8, 4) is 0 Å². The molecule has 0 amide bonds. The third-order valence-electron chi connectivity index (χ3n) is 1.42. The summed E-state index contributed by atoms with van der Waals surface area (Å²) in [6, 6.07) is 7.01. The predicted molar refractivity (Wildman–Crippen MR) is 45.5 cm³/mol. The zero-order valence-electron chi connectivity index (χ0n) is 6.99. The molecule has 12 heavy (non-hydrogen) atoms. The van der Waals surface area contributed by atoms with E-state index in [0.29, 0.717) is 6.42 Å². The van der Waals surface area contributed by atoms with Crippen LogP contribution in [0, 0.1) is 5.41 Å². The fraction of sp³-hybridized carbons (Fsp3) is 0.333. The van der Waals surface area contributed by atoms with Gasteiger partial charge in [-0.05, 0) is 19.1 Å². The van der Waals surface area contributed by atoms with Gasteiger partial charge < -0.3 is 5.11 Å². The lowest BCUT2D eigenvalue weighted by molar-refractivity contribution is 0.194. The van der Waals surface area contributed by atoms with E-state index in [9.17, 15) is 0 Å². The van der Waals surface area contributed by atoms with Gasteiger partial charge in [0.2, 0.25) is 0 Å². The molecular formula is C9H12N2O. The largest absolute Gasteiger partial charge is 0.393 e. The van der Waals surface area contributed by atoms with Crippen LogP contribution in [0.4, 0.5) is 0 Å². The minimum absolute atomic E-state index is 0.232. The molecule has 3 heteroatoms. The van der Waals surface area contributed by atoms with Crippen molar-refractivity contribution in [2.75, 3.05) is 0 Å². The second-order valence-electron chi connectivity index (χ2n) is 2.76. The molecule has 1 unspecified atom stereocenters. The first kappa shape index (κ1) is 8.87. The highest BCUT2D eigenvalue weighted by molar-refractivity contribution is 5.03. The van der Waals surface area contributed by atoms with Gasteiger partial charge in [-0.25, -0.2) is 4.98 Å². The Labute approximate surface area is 71.2 Å². The van der Waals surface area contributed by atoms with Gasteiger partial charge in [0, 0.05) is 12.1 Å². The molecule has 1 heterocycles. The molecule has 64 valence electrons. The SMILES string of the molecule is CC(O)Cc1ccccc(=N)n1. The highest BCUT2D eigenvalue weighted by Crippen LogP contribution is 1.95. The Morgan fingerprint density at radius 3 is 2.83 bits per heavy atom. The van der Waals surface area contributed by atoms with Crippen LogP contribution in [0.3, 0.4) is 0 Å². The predicted octanol–water partition coefficient (Wildman–Crippen LogP) is 0.484. The third kappa shape index (κ3) is 2.80. The lowest BCUT2D eigenvalue weighted by Crippen LogP contribution is -2.09. The van der Waals surface area contributed by atoms with Gasteiger partial charge in [-0.15, -0.1) is 0 Å². The maximum Gasteiger partial charge on any atom is 0.144 e. The summed E-state index contributed by atoms with van der Waals surface area (Å²) < 4.78 is 0. The highest BCUT2D eigenvalue weighted by atomic mass is 16.3. The van der Waals surface area contributed by atoms with E-state index in [1.807, 2.05) is 12.1 Å². The molecule has 1 atom stereocenters. The molecule has 1 rings (SSSR count). The fourth-order valence-electron chi connectivity index (χ4n) is 0.959. The Hall–Kier alpha value is -1.22. The zero-order valence-corrected chi connectivity index (χ0v) is 6.99. The number of rotatable bonds is 2. The van der Waals surface area contributed by atoms with Crippen molar-refractivity contribution in [1.82, 2.24) is 4.98 Å². The molecule has 0 bridgehead atoms. The average molecular weight is 164 g/mol. The standard InChI is InChI=1S/C9H12N2O/c1-7(12)6-8-4-2-3-5-9(10)11-8/h2-5,7,10,12H,6H2,1H3. The van der Waals surface area contributed by atoms with E-state index in [2.05, 4.69) is 4.98 Å². The monoisotopic (exact) mass is 164 g/mol. The van der Waals surface area contributed by atoms with Gasteiger partial charge in [0.05, 0.1) is 6.10 Å². The molecule has 0 aliphatic heterocycles. The van der Waals surface area contributed by atoms with Crippen molar-refractivity contribution in [2.45, 2.75) is 19.4 Å². The number of hydrogen-bond acceptors (Lipinski definition) is 3. The van der Waals surface area contributed by atoms with Crippen molar-refractivity contribution in [1.29, 1.82) is 5.41 Å². The van der Waals surface area contributed by atoms with Crippen LogP contribution in [-0.4, -0.2) is 16.2 Å². The maximum absolute atomic E-state index is 9.08. The second kappa shape index (κ2) is 3.97. The van der Waals surface area contributed by atoms with E-state index >= 15 is 0 Å². The Kier molecular flexibility index (Phi) is 2.94. The van der Waals surface area contributed by atoms with Crippen LogP contribution >= 0.6 is 0 Å². The molecule has 0 aliphatic carbocycles. The molecule has 0 radical (unpaired) electrons. The van der Waals surface area contributed by atoms with E-state index in [1.54, 1.807) is 19.1 Å². The quantitative estimate of drug-likeness (QED) is 0.668. The van der Waals surface area contributed by atoms with E-state index in [-0.39, 0.29) is 5.49 Å². The van der Waals surface area contributed by atoms with Gasteiger partial charge >= 0.3 is 0 Å². The van der Waals surface area contributed by atoms with Crippen LogP contribution in [0.5, 0.6) is 0 Å². The van der Waals surface area contributed by atoms with Gasteiger partial charge in [-0.1, -0.05) is 12.1 Å². The fourth-order valence-corrected chi connectivity index (χ4v) is 0.959. The minimum Gasteiger partial charge on any atom is -0.393 e. The molecule has 3 nitrogen and oxygen atoms in total. The molecule has 0 fully saturated rings. The first-order chi connectivity index (χ1) is 5.68. The number of aliphatic hydroxyl groups excluding tert-OH is 1. The summed E-state index contributed by atoms with van der Waals surface area (Å²) in [6.07, 6.45) is 0.0971. The van der Waals surface area contributed by atoms with Gasteiger partial charge in [0.25, 0.3) is 0 Å². The van der Waals surface area contributed by atoms with Crippen LogP contribution in [0.25, 0.3) is 0 Å². The number of nitrogens with zero attached hydrogens (tertiary/aromatic N) is 1. The maximum atomic E-state index is 9.08. The van der Waals surface area contributed by atoms with E-state index in [1.165, 1.54) is 0 Å². The Morgan fingerprint density at radius 1 is 1.50 bits per heavy atom. The van der Waals surface area contributed by atoms with Gasteiger partial charge in [0.15, 0.2) is 0 Å². The third-order valence-corrected chi connectivity index (χ3v) is 1.42. The van der Waals surface area contributed by atoms with Crippen LogP contribution < -0.4 is 5.49 Å². The normalized spacial score (nSPS) is 12.5. The zero-order chi connectivity index (χ0) is 8.97. The van der Waals surface area contributed by atoms with Crippen LogP contribution in [0.1, 0.15) is 12.6 Å². The first-order valence-electron chi connectivity index (χ1n) is 3.87. The summed E-state index contributed by atoms with van der Waals surface area (Å²) in [4.78, 5) is 3.98. The number of aromatic nitrogens is 1. The van der Waals surface area contributed by atoms with E-state index in [4.69, 9.17) is 10.5 Å². The Bertz CT molecular complexity index is 309. The molecule has 1 aromatic rings. The molecule has 0 saturated carbocycles. The average Bonchev–Trinajstić information content (AvgIpc) is 2.12. The Balaban J connectivity index is 2.95. The van der Waals surface area contributed by atoms with E-state index in [0.717, 1.165) is 5.69 Å². The summed E-state index contributed by atoms with van der Waals surface area (Å²) >= 11 is 0. The summed E-state index contributed by atoms with van der Waals surface area (Å²) in [7, 11) is 0. The molecule has 2 N–H and O–H groups in total. The van der Waals surface area contributed by atoms with Crippen molar-refractivity contribution in [3.63, 3.8) is 0 Å². The summed E-state index contributed by atoms with van der Waals surface area (Å²) in [5, 5.41) is 16.4. The number of aliphatic hydroxyl groups is 1. The molecule has 0 spiro atoms. The van der Waals surface area contributed by atoms with Crippen molar-refractivity contribution in [2.24, 2.45) is 0 Å². The summed E-state index contributed by atoms with van der Waals surface area (Å²) in [5.41, 5.74) is 0.982. The van der Waals surface area contributed by atoms with Gasteiger partial charge in [-0.2, -0.15) is 0 Å². The lowest BCUT2D eigenvalue weighted by atomic mass is 10.2. The molecule has 0 aliphatic rings. The van der Waals surface area contributed by atoms with Crippen molar-refractivity contribution in [3.05, 3.63) is 35.4 Å². The van der Waals surface area contributed by atoms with Crippen molar-refractivity contribution >= 4 is 0 Å². The molecular weight excluding hydrogens is 152 g/mol. The van der Waals surface area contributed by atoms with Crippen LogP contribution in [0.15, 0.2) is 24.3 Å². The molecule has 0 saturated heterocycles. The van der Waals surface area contributed by atoms with Crippen molar-refractivity contribution < 1.29 is 5.11 Å². The smallest absolute Gasteiger partial charge is 0.144 e. The molecule has 1 aromatic heterocycles. The van der Waals surface area contributed by atoms with Crippen LogP contribution in [0.2, 0.25) is 0 Å². The first-order valence-corrected chi connectivity index (χ1v) is 3.87.